The molecular formula is C11H11ClN2O4S. The van der Waals surface area contributed by atoms with E-state index in [0.29, 0.717) is 0 Å². The minimum absolute atomic E-state index is 0.0549. The molecule has 0 amide bonds. The van der Waals surface area contributed by atoms with Gasteiger partial charge in [0.25, 0.3) is 0 Å². The minimum Gasteiger partial charge on any atom is -0.465 e. The van der Waals surface area contributed by atoms with Crippen molar-refractivity contribution in [1.29, 1.82) is 5.26 Å². The first-order valence-corrected chi connectivity index (χ1v) is 7.11. The van der Waals surface area contributed by atoms with Crippen molar-refractivity contribution in [2.24, 2.45) is 0 Å². The fourth-order valence-corrected chi connectivity index (χ4v) is 2.64. The molecule has 0 radical (unpaired) electrons. The lowest BCUT2D eigenvalue weighted by atomic mass is 10.2. The SMILES string of the molecule is CCOC(=O)CNS(=O)(=O)c1cc(Cl)ccc1C#N. The highest BCUT2D eigenvalue weighted by Crippen LogP contribution is 2.19. The number of sulfonamides is 1. The van der Waals surface area contributed by atoms with Gasteiger partial charge in [0.05, 0.1) is 12.2 Å². The third kappa shape index (κ3) is 4.21. The summed E-state index contributed by atoms with van der Waals surface area (Å²) >= 11 is 5.70. The summed E-state index contributed by atoms with van der Waals surface area (Å²) < 4.78 is 30.5. The average molecular weight is 303 g/mol. The molecule has 1 aromatic carbocycles. The van der Waals surface area contributed by atoms with Gasteiger partial charge in [-0.05, 0) is 25.1 Å². The molecule has 19 heavy (non-hydrogen) atoms. The second kappa shape index (κ2) is 6.52. The molecule has 0 saturated heterocycles. The highest BCUT2D eigenvalue weighted by Gasteiger charge is 2.20. The first-order valence-electron chi connectivity index (χ1n) is 5.25. The van der Waals surface area contributed by atoms with Gasteiger partial charge in [-0.25, -0.2) is 8.42 Å². The monoisotopic (exact) mass is 302 g/mol. The van der Waals surface area contributed by atoms with Gasteiger partial charge < -0.3 is 4.74 Å². The van der Waals surface area contributed by atoms with Crippen molar-refractivity contribution in [2.75, 3.05) is 13.2 Å². The molecule has 8 heteroatoms. The molecular weight excluding hydrogens is 292 g/mol. The number of esters is 1. The van der Waals surface area contributed by atoms with Crippen molar-refractivity contribution < 1.29 is 17.9 Å². The Kier molecular flexibility index (Phi) is 5.30. The summed E-state index contributed by atoms with van der Waals surface area (Å²) in [6.45, 7) is 1.26. The van der Waals surface area contributed by atoms with E-state index in [9.17, 15) is 13.2 Å². The maximum atomic E-state index is 11.9. The molecule has 0 saturated carbocycles. The van der Waals surface area contributed by atoms with E-state index < -0.39 is 22.5 Å². The molecule has 0 unspecified atom stereocenters. The van der Waals surface area contributed by atoms with Gasteiger partial charge in [0.1, 0.15) is 17.5 Å². The fourth-order valence-electron chi connectivity index (χ4n) is 1.25. The van der Waals surface area contributed by atoms with Gasteiger partial charge in [-0.15, -0.1) is 0 Å². The summed E-state index contributed by atoms with van der Waals surface area (Å²) in [5.41, 5.74) is -0.0549. The normalized spacial score (nSPS) is 10.8. The number of ether oxygens (including phenoxy) is 1. The summed E-state index contributed by atoms with van der Waals surface area (Å²) in [7, 11) is -4.00. The van der Waals surface area contributed by atoms with Crippen molar-refractivity contribution in [3.63, 3.8) is 0 Å². The van der Waals surface area contributed by atoms with Crippen molar-refractivity contribution >= 4 is 27.6 Å². The lowest BCUT2D eigenvalue weighted by molar-refractivity contribution is -0.141. The Morgan fingerprint density at radius 1 is 1.53 bits per heavy atom. The summed E-state index contributed by atoms with van der Waals surface area (Å²) in [6.07, 6.45) is 0. The zero-order chi connectivity index (χ0) is 14.5. The van der Waals surface area contributed by atoms with Crippen LogP contribution in [0.5, 0.6) is 0 Å². The van der Waals surface area contributed by atoms with Gasteiger partial charge in [-0.3, -0.25) is 4.79 Å². The van der Waals surface area contributed by atoms with Crippen molar-refractivity contribution in [3.05, 3.63) is 28.8 Å². The first kappa shape index (κ1) is 15.4. The Morgan fingerprint density at radius 2 is 2.21 bits per heavy atom. The van der Waals surface area contributed by atoms with Gasteiger partial charge in [0.15, 0.2) is 0 Å². The molecule has 0 aromatic heterocycles. The largest absolute Gasteiger partial charge is 0.465 e. The number of carbonyl (C=O) groups excluding carboxylic acids is 1. The Hall–Kier alpha value is -1.62. The summed E-state index contributed by atoms with van der Waals surface area (Å²) in [6, 6.07) is 5.59. The molecule has 0 heterocycles. The van der Waals surface area contributed by atoms with E-state index >= 15 is 0 Å². The van der Waals surface area contributed by atoms with E-state index in [1.165, 1.54) is 12.1 Å². The average Bonchev–Trinajstić information content (AvgIpc) is 2.37. The van der Waals surface area contributed by atoms with Crippen molar-refractivity contribution in [1.82, 2.24) is 4.72 Å². The predicted octanol–water partition coefficient (Wildman–Crippen LogP) is 1.05. The molecule has 102 valence electrons. The Balaban J connectivity index is 2.98. The minimum atomic E-state index is -4.00. The standard InChI is InChI=1S/C11H11ClN2O4S/c1-2-18-11(15)7-14-19(16,17)10-5-9(12)4-3-8(10)6-13/h3-5,14H,2,7H2,1H3. The van der Waals surface area contributed by atoms with Crippen LogP contribution in [0.2, 0.25) is 5.02 Å². The van der Waals surface area contributed by atoms with Crippen LogP contribution < -0.4 is 4.72 Å². The number of hydrogen-bond acceptors (Lipinski definition) is 5. The van der Waals surface area contributed by atoms with E-state index in [1.807, 2.05) is 4.72 Å². The van der Waals surface area contributed by atoms with Crippen LogP contribution in [-0.2, 0) is 19.6 Å². The van der Waals surface area contributed by atoms with Gasteiger partial charge >= 0.3 is 5.97 Å². The maximum Gasteiger partial charge on any atom is 0.321 e. The van der Waals surface area contributed by atoms with Crippen molar-refractivity contribution in [3.8, 4) is 6.07 Å². The molecule has 1 aromatic rings. The highest BCUT2D eigenvalue weighted by atomic mass is 35.5. The lowest BCUT2D eigenvalue weighted by Gasteiger charge is -2.08. The number of nitrogens with zero attached hydrogens (tertiary/aromatic N) is 1. The number of halogens is 1. The third-order valence-electron chi connectivity index (χ3n) is 2.07. The van der Waals surface area contributed by atoms with E-state index in [0.717, 1.165) is 6.07 Å². The van der Waals surface area contributed by atoms with Crippen LogP contribution in [0.1, 0.15) is 12.5 Å². The molecule has 0 aliphatic carbocycles. The van der Waals surface area contributed by atoms with E-state index in [2.05, 4.69) is 4.74 Å². The Labute approximate surface area is 116 Å². The molecule has 1 rings (SSSR count). The molecule has 0 bridgehead atoms. The number of nitrogens with one attached hydrogen (secondary N) is 1. The molecule has 6 nitrogen and oxygen atoms in total. The van der Waals surface area contributed by atoms with Crippen LogP contribution in [0.15, 0.2) is 23.1 Å². The third-order valence-corrected chi connectivity index (χ3v) is 3.74. The van der Waals surface area contributed by atoms with Gasteiger partial charge in [0.2, 0.25) is 10.0 Å². The topological polar surface area (TPSA) is 96.3 Å². The number of rotatable bonds is 5. The van der Waals surface area contributed by atoms with E-state index in [1.54, 1.807) is 13.0 Å². The fraction of sp³-hybridized carbons (Fsp3) is 0.273. The van der Waals surface area contributed by atoms with Crippen LogP contribution in [-0.4, -0.2) is 27.5 Å². The molecule has 0 atom stereocenters. The molecule has 0 aliphatic rings. The second-order valence-electron chi connectivity index (χ2n) is 3.38. The molecule has 0 fully saturated rings. The second-order valence-corrected chi connectivity index (χ2v) is 5.55. The summed E-state index contributed by atoms with van der Waals surface area (Å²) in [4.78, 5) is 10.8. The van der Waals surface area contributed by atoms with Crippen LogP contribution in [0.4, 0.5) is 0 Å². The van der Waals surface area contributed by atoms with E-state index in [4.69, 9.17) is 16.9 Å². The lowest BCUT2D eigenvalue weighted by Crippen LogP contribution is -2.31. The van der Waals surface area contributed by atoms with Gasteiger partial charge in [-0.1, -0.05) is 11.6 Å². The first-order chi connectivity index (χ1) is 8.90. The summed E-state index contributed by atoms with van der Waals surface area (Å²) in [5.74, 6) is -0.702. The van der Waals surface area contributed by atoms with Crippen LogP contribution in [0, 0.1) is 11.3 Å². The maximum absolute atomic E-state index is 11.9. The zero-order valence-corrected chi connectivity index (χ0v) is 11.6. The number of benzene rings is 1. The Bertz CT molecular complexity index is 622. The number of hydrogen-bond donors (Lipinski definition) is 1. The molecule has 0 spiro atoms. The van der Waals surface area contributed by atoms with Crippen LogP contribution in [0.3, 0.4) is 0 Å². The number of carbonyl (C=O) groups is 1. The molecule has 0 aliphatic heterocycles. The highest BCUT2D eigenvalue weighted by molar-refractivity contribution is 7.89. The Morgan fingerprint density at radius 3 is 2.79 bits per heavy atom. The van der Waals surface area contributed by atoms with Crippen molar-refractivity contribution in [2.45, 2.75) is 11.8 Å². The smallest absolute Gasteiger partial charge is 0.321 e. The van der Waals surface area contributed by atoms with Gasteiger partial charge in [0, 0.05) is 5.02 Å². The van der Waals surface area contributed by atoms with Crippen LogP contribution in [0.25, 0.3) is 0 Å². The summed E-state index contributed by atoms with van der Waals surface area (Å²) in [5, 5.41) is 9.03. The predicted molar refractivity (Wildman–Crippen MR) is 68.0 cm³/mol. The number of nitriles is 1. The van der Waals surface area contributed by atoms with E-state index in [-0.39, 0.29) is 22.1 Å². The quantitative estimate of drug-likeness (QED) is 0.820. The molecule has 1 N–H and O–H groups in total. The van der Waals surface area contributed by atoms with Crippen LogP contribution >= 0.6 is 11.6 Å². The zero-order valence-electron chi connectivity index (χ0n) is 10.0. The van der Waals surface area contributed by atoms with Gasteiger partial charge in [-0.2, -0.15) is 9.98 Å².